The van der Waals surface area contributed by atoms with Crippen molar-refractivity contribution in [2.45, 2.75) is 26.2 Å². The molecule has 0 aliphatic rings. The van der Waals surface area contributed by atoms with Crippen LogP contribution in [-0.2, 0) is 0 Å². The minimum absolute atomic E-state index is 0.288. The molecular formula is C27H25N3O2. The fourth-order valence-electron chi connectivity index (χ4n) is 3.45. The zero-order chi connectivity index (χ0) is 22.3. The maximum atomic E-state index is 12.9. The lowest BCUT2D eigenvalue weighted by Gasteiger charge is -2.11. The van der Waals surface area contributed by atoms with Crippen molar-refractivity contribution in [1.82, 2.24) is 10.4 Å². The van der Waals surface area contributed by atoms with Gasteiger partial charge in [-0.2, -0.15) is 5.10 Å². The summed E-state index contributed by atoms with van der Waals surface area (Å²) in [7, 11) is 0. The van der Waals surface area contributed by atoms with Crippen molar-refractivity contribution in [3.63, 3.8) is 0 Å². The highest BCUT2D eigenvalue weighted by molar-refractivity contribution is 6.07. The smallest absolute Gasteiger partial charge is 0.272 e. The Morgan fingerprint density at radius 1 is 1.12 bits per heavy atom. The Kier molecular flexibility index (Phi) is 6.56. The summed E-state index contributed by atoms with van der Waals surface area (Å²) in [4.78, 5) is 17.7. The van der Waals surface area contributed by atoms with Crippen LogP contribution in [0, 0.1) is 0 Å². The maximum Gasteiger partial charge on any atom is 0.272 e. The third-order valence-electron chi connectivity index (χ3n) is 5.48. The Morgan fingerprint density at radius 2 is 1.94 bits per heavy atom. The molecule has 5 nitrogen and oxygen atoms in total. The Morgan fingerprint density at radius 3 is 2.69 bits per heavy atom. The van der Waals surface area contributed by atoms with E-state index in [0.29, 0.717) is 17.2 Å². The van der Waals surface area contributed by atoms with Crippen LogP contribution in [0.4, 0.5) is 0 Å². The van der Waals surface area contributed by atoms with Crippen molar-refractivity contribution in [3.05, 3.63) is 96.0 Å². The minimum atomic E-state index is -0.288. The molecule has 0 spiro atoms. The minimum Gasteiger partial charge on any atom is -0.465 e. The van der Waals surface area contributed by atoms with E-state index in [4.69, 9.17) is 9.40 Å². The number of para-hydroxylation sites is 1. The van der Waals surface area contributed by atoms with Gasteiger partial charge in [0.15, 0.2) is 0 Å². The molecule has 0 radical (unpaired) electrons. The number of rotatable bonds is 7. The molecule has 1 N–H and O–H groups in total. The lowest BCUT2D eigenvalue weighted by molar-refractivity contribution is 0.0956. The summed E-state index contributed by atoms with van der Waals surface area (Å²) in [6.07, 6.45) is 7.67. The van der Waals surface area contributed by atoms with E-state index in [2.05, 4.69) is 48.6 Å². The van der Waals surface area contributed by atoms with Crippen LogP contribution < -0.4 is 5.43 Å². The van der Waals surface area contributed by atoms with Crippen molar-refractivity contribution >= 4 is 29.1 Å². The normalized spacial score (nSPS) is 12.6. The number of pyridine rings is 1. The van der Waals surface area contributed by atoms with Crippen LogP contribution in [0.25, 0.3) is 28.2 Å². The molecule has 0 aliphatic carbocycles. The molecule has 4 rings (SSSR count). The van der Waals surface area contributed by atoms with Gasteiger partial charge in [0.2, 0.25) is 0 Å². The quantitative estimate of drug-likeness (QED) is 0.275. The fraction of sp³-hybridized carbons (Fsp3) is 0.148. The number of carbonyl (C=O) groups excluding carboxylic acids is 1. The van der Waals surface area contributed by atoms with Gasteiger partial charge in [0, 0.05) is 17.2 Å². The summed E-state index contributed by atoms with van der Waals surface area (Å²) < 4.78 is 5.22. The van der Waals surface area contributed by atoms with Crippen LogP contribution in [0.3, 0.4) is 0 Å². The lowest BCUT2D eigenvalue weighted by atomic mass is 9.96. The number of hydrogen-bond donors (Lipinski definition) is 1. The van der Waals surface area contributed by atoms with Crippen molar-refractivity contribution in [2.75, 3.05) is 0 Å². The summed E-state index contributed by atoms with van der Waals surface area (Å²) in [5.74, 6) is 0.935. The van der Waals surface area contributed by atoms with Crippen LogP contribution in [0.1, 0.15) is 47.9 Å². The van der Waals surface area contributed by atoms with Gasteiger partial charge in [0.1, 0.15) is 5.76 Å². The zero-order valence-electron chi connectivity index (χ0n) is 18.2. The van der Waals surface area contributed by atoms with Gasteiger partial charge in [-0.05, 0) is 54.3 Å². The van der Waals surface area contributed by atoms with Gasteiger partial charge < -0.3 is 4.42 Å². The number of furan rings is 1. The van der Waals surface area contributed by atoms with Crippen molar-refractivity contribution in [1.29, 1.82) is 0 Å². The van der Waals surface area contributed by atoms with E-state index in [9.17, 15) is 4.79 Å². The Labute approximate surface area is 187 Å². The maximum absolute atomic E-state index is 12.9. The van der Waals surface area contributed by atoms with E-state index in [1.54, 1.807) is 18.4 Å². The number of carbonyl (C=O) groups is 1. The van der Waals surface area contributed by atoms with Crippen LogP contribution >= 0.6 is 0 Å². The topological polar surface area (TPSA) is 67.5 Å². The van der Waals surface area contributed by atoms with Crippen LogP contribution in [0.15, 0.2) is 88.6 Å². The molecule has 2 heterocycles. The van der Waals surface area contributed by atoms with E-state index in [0.717, 1.165) is 28.6 Å². The zero-order valence-corrected chi connectivity index (χ0v) is 18.2. The fourth-order valence-corrected chi connectivity index (χ4v) is 3.45. The first-order valence-corrected chi connectivity index (χ1v) is 10.7. The number of benzene rings is 2. The average Bonchev–Trinajstić information content (AvgIpc) is 3.36. The van der Waals surface area contributed by atoms with E-state index >= 15 is 0 Å². The third-order valence-corrected chi connectivity index (χ3v) is 5.48. The van der Waals surface area contributed by atoms with Crippen LogP contribution in [0.5, 0.6) is 0 Å². The third kappa shape index (κ3) is 4.83. The van der Waals surface area contributed by atoms with E-state index < -0.39 is 0 Å². The van der Waals surface area contributed by atoms with Crippen LogP contribution in [-0.4, -0.2) is 17.1 Å². The molecule has 1 atom stereocenters. The molecule has 0 saturated carbocycles. The second kappa shape index (κ2) is 9.88. The SMILES string of the molecule is CC[C@@H](C)c1ccc(-c2cc(C(=O)NN=C/C=C\c3ccco3)c3ccccc3n2)cc1. The summed E-state index contributed by atoms with van der Waals surface area (Å²) >= 11 is 0. The molecule has 4 aromatic rings. The van der Waals surface area contributed by atoms with E-state index in [1.165, 1.54) is 11.8 Å². The Balaban J connectivity index is 1.60. The number of hydrogen-bond acceptors (Lipinski definition) is 4. The van der Waals surface area contributed by atoms with Gasteiger partial charge in [-0.3, -0.25) is 4.79 Å². The molecule has 32 heavy (non-hydrogen) atoms. The molecule has 2 aromatic carbocycles. The van der Waals surface area contributed by atoms with Gasteiger partial charge in [0.05, 0.1) is 23.0 Å². The number of aromatic nitrogens is 1. The monoisotopic (exact) mass is 423 g/mol. The summed E-state index contributed by atoms with van der Waals surface area (Å²) in [5.41, 5.74) is 6.93. The molecule has 0 saturated heterocycles. The van der Waals surface area contributed by atoms with Gasteiger partial charge in [-0.25, -0.2) is 10.4 Å². The summed E-state index contributed by atoms with van der Waals surface area (Å²) in [6, 6.07) is 21.5. The standard InChI is InChI=1S/C27H25N3O2/c1-3-19(2)20-12-14-21(15-13-20)26-18-24(23-10-4-5-11-25(23)29-26)27(31)30-28-16-6-8-22-9-7-17-32-22/h4-19H,3H2,1-2H3,(H,30,31)/b8-6-,28-16?/t19-/m1/s1. The number of amides is 1. The van der Waals surface area contributed by atoms with E-state index in [1.807, 2.05) is 42.5 Å². The molecule has 1 amide bonds. The largest absolute Gasteiger partial charge is 0.465 e. The highest BCUT2D eigenvalue weighted by Gasteiger charge is 2.14. The molecular weight excluding hydrogens is 398 g/mol. The molecule has 2 aromatic heterocycles. The van der Waals surface area contributed by atoms with Crippen molar-refractivity contribution in [2.24, 2.45) is 5.10 Å². The highest BCUT2D eigenvalue weighted by atomic mass is 16.3. The number of nitrogens with one attached hydrogen (secondary N) is 1. The second-order valence-corrected chi connectivity index (χ2v) is 7.60. The van der Waals surface area contributed by atoms with Crippen molar-refractivity contribution in [3.8, 4) is 11.3 Å². The first-order valence-electron chi connectivity index (χ1n) is 10.7. The van der Waals surface area contributed by atoms with Gasteiger partial charge >= 0.3 is 0 Å². The number of hydrazone groups is 1. The molecule has 0 aliphatic heterocycles. The summed E-state index contributed by atoms with van der Waals surface area (Å²) in [5, 5.41) is 4.81. The molecule has 5 heteroatoms. The van der Waals surface area contributed by atoms with Gasteiger partial charge in [0.25, 0.3) is 5.91 Å². The number of fused-ring (bicyclic) bond motifs is 1. The summed E-state index contributed by atoms with van der Waals surface area (Å²) in [6.45, 7) is 4.40. The second-order valence-electron chi connectivity index (χ2n) is 7.60. The molecule has 0 unspecified atom stereocenters. The molecule has 0 fully saturated rings. The lowest BCUT2D eigenvalue weighted by Crippen LogP contribution is -2.18. The Hall–Kier alpha value is -3.99. The van der Waals surface area contributed by atoms with Crippen molar-refractivity contribution < 1.29 is 9.21 Å². The van der Waals surface area contributed by atoms with Gasteiger partial charge in [-0.1, -0.05) is 56.3 Å². The predicted octanol–water partition coefficient (Wildman–Crippen LogP) is 6.44. The van der Waals surface area contributed by atoms with Gasteiger partial charge in [-0.15, -0.1) is 0 Å². The first kappa shape index (κ1) is 21.2. The first-order chi connectivity index (χ1) is 15.7. The van der Waals surface area contributed by atoms with E-state index in [-0.39, 0.29) is 5.91 Å². The Bertz CT molecular complexity index is 1260. The number of allylic oxidation sites excluding steroid dienone is 1. The number of nitrogens with zero attached hydrogens (tertiary/aromatic N) is 2. The average molecular weight is 424 g/mol. The predicted molar refractivity (Wildman–Crippen MR) is 130 cm³/mol. The molecule has 160 valence electrons. The van der Waals surface area contributed by atoms with Crippen LogP contribution in [0.2, 0.25) is 0 Å². The molecule has 0 bridgehead atoms. The highest BCUT2D eigenvalue weighted by Crippen LogP contribution is 2.27.